The first-order valence-electron chi connectivity index (χ1n) is 11.2. The van der Waals surface area contributed by atoms with Gasteiger partial charge in [0.15, 0.2) is 0 Å². The zero-order valence-corrected chi connectivity index (χ0v) is 20.4. The molecule has 34 heavy (non-hydrogen) atoms. The maximum absolute atomic E-state index is 13.6. The van der Waals surface area contributed by atoms with E-state index in [1.54, 1.807) is 28.0 Å². The topological polar surface area (TPSA) is 85.0 Å². The summed E-state index contributed by atoms with van der Waals surface area (Å²) >= 11 is 12.1. The second-order valence-electron chi connectivity index (χ2n) is 8.43. The third kappa shape index (κ3) is 4.79. The molecule has 1 spiro atoms. The summed E-state index contributed by atoms with van der Waals surface area (Å²) in [4.78, 5) is 44.1. The van der Waals surface area contributed by atoms with Crippen molar-refractivity contribution in [3.8, 4) is 0 Å². The van der Waals surface area contributed by atoms with Crippen LogP contribution in [-0.2, 0) is 9.59 Å². The molecule has 0 bridgehead atoms. The van der Waals surface area contributed by atoms with Crippen molar-refractivity contribution in [3.05, 3.63) is 58.6 Å². The number of likely N-dealkylation sites (N-methyl/N-ethyl adjacent to an activating group) is 1. The van der Waals surface area contributed by atoms with E-state index in [0.717, 1.165) is 5.69 Å². The largest absolute Gasteiger partial charge is 0.355 e. The van der Waals surface area contributed by atoms with Crippen LogP contribution in [0.3, 0.4) is 0 Å². The molecule has 8 nitrogen and oxygen atoms in total. The van der Waals surface area contributed by atoms with Crippen LogP contribution >= 0.6 is 23.2 Å². The van der Waals surface area contributed by atoms with Gasteiger partial charge in [-0.15, -0.1) is 0 Å². The summed E-state index contributed by atoms with van der Waals surface area (Å²) in [5, 5.41) is 6.43. The van der Waals surface area contributed by atoms with Crippen molar-refractivity contribution in [2.24, 2.45) is 0 Å². The number of nitrogens with one attached hydrogen (secondary N) is 2. The summed E-state index contributed by atoms with van der Waals surface area (Å²) in [6, 6.07) is 14.3. The molecule has 10 heteroatoms. The van der Waals surface area contributed by atoms with E-state index in [9.17, 15) is 14.4 Å². The third-order valence-electron chi connectivity index (χ3n) is 6.34. The van der Waals surface area contributed by atoms with Crippen molar-refractivity contribution < 1.29 is 14.4 Å². The quantitative estimate of drug-likeness (QED) is 0.649. The van der Waals surface area contributed by atoms with Gasteiger partial charge >= 0.3 is 6.03 Å². The van der Waals surface area contributed by atoms with E-state index in [2.05, 4.69) is 15.5 Å². The lowest BCUT2D eigenvalue weighted by atomic mass is 9.85. The smallest absolute Gasteiger partial charge is 0.321 e. The maximum Gasteiger partial charge on any atom is 0.321 e. The summed E-state index contributed by atoms with van der Waals surface area (Å²) in [5.74, 6) is -0.263. The molecule has 2 saturated heterocycles. The highest BCUT2D eigenvalue weighted by molar-refractivity contribution is 6.36. The highest BCUT2D eigenvalue weighted by Gasteiger charge is 2.54. The molecule has 0 unspecified atom stereocenters. The highest BCUT2D eigenvalue weighted by atomic mass is 35.5. The van der Waals surface area contributed by atoms with Crippen LogP contribution < -0.4 is 15.5 Å². The van der Waals surface area contributed by atoms with Gasteiger partial charge in [0.1, 0.15) is 12.1 Å². The van der Waals surface area contributed by atoms with Gasteiger partial charge in [-0.05, 0) is 50.1 Å². The van der Waals surface area contributed by atoms with Gasteiger partial charge < -0.3 is 25.3 Å². The number of hydrogen-bond acceptors (Lipinski definition) is 4. The number of amides is 4. The average molecular weight is 504 g/mol. The second kappa shape index (κ2) is 10.1. The molecule has 2 aliphatic rings. The van der Waals surface area contributed by atoms with Crippen LogP contribution in [0, 0.1) is 0 Å². The molecule has 4 amide bonds. The molecule has 2 aliphatic heterocycles. The Kier molecular flexibility index (Phi) is 7.19. The normalized spacial score (nSPS) is 17.3. The molecule has 2 N–H and O–H groups in total. The zero-order chi connectivity index (χ0) is 24.3. The van der Waals surface area contributed by atoms with Crippen molar-refractivity contribution in [2.45, 2.75) is 25.3 Å². The van der Waals surface area contributed by atoms with Crippen LogP contribution in [0.25, 0.3) is 0 Å². The summed E-state index contributed by atoms with van der Waals surface area (Å²) in [6.07, 6.45) is 0.906. The van der Waals surface area contributed by atoms with E-state index in [0.29, 0.717) is 54.9 Å². The predicted octanol–water partition coefficient (Wildman–Crippen LogP) is 3.80. The van der Waals surface area contributed by atoms with E-state index < -0.39 is 5.54 Å². The fourth-order valence-corrected chi connectivity index (χ4v) is 5.07. The van der Waals surface area contributed by atoms with E-state index in [-0.39, 0.29) is 24.4 Å². The van der Waals surface area contributed by atoms with Gasteiger partial charge in [0, 0.05) is 30.3 Å². The van der Waals surface area contributed by atoms with Crippen molar-refractivity contribution >= 4 is 52.4 Å². The number of nitrogens with zero attached hydrogens (tertiary/aromatic N) is 3. The van der Waals surface area contributed by atoms with Crippen LogP contribution in [0.1, 0.15) is 19.8 Å². The summed E-state index contributed by atoms with van der Waals surface area (Å²) in [5.41, 5.74) is 0.593. The SMILES string of the molecule is CCNC(=O)CN1CN(c2ccccc2)C2(CCN(C(=O)Nc3ccc(Cl)cc3Cl)CC2)C1=O. The molecular formula is C24H27Cl2N5O3. The fraction of sp³-hybridized carbons (Fsp3) is 0.375. The zero-order valence-electron chi connectivity index (χ0n) is 18.9. The number of para-hydroxylation sites is 1. The molecule has 0 atom stereocenters. The Balaban J connectivity index is 1.50. The average Bonchev–Trinajstić information content (AvgIpc) is 3.08. The van der Waals surface area contributed by atoms with E-state index in [4.69, 9.17) is 23.2 Å². The first-order valence-corrected chi connectivity index (χ1v) is 12.0. The molecule has 2 aromatic carbocycles. The molecule has 2 fully saturated rings. The molecule has 4 rings (SSSR count). The van der Waals surface area contributed by atoms with E-state index in [1.807, 2.05) is 37.3 Å². The van der Waals surface area contributed by atoms with Crippen molar-refractivity contribution in [1.29, 1.82) is 0 Å². The lowest BCUT2D eigenvalue weighted by Gasteiger charge is -2.43. The van der Waals surface area contributed by atoms with E-state index in [1.165, 1.54) is 0 Å². The minimum absolute atomic E-state index is 0.0109. The second-order valence-corrected chi connectivity index (χ2v) is 9.28. The number of rotatable bonds is 5. The minimum atomic E-state index is -0.803. The van der Waals surface area contributed by atoms with Crippen LogP contribution in [0.15, 0.2) is 48.5 Å². The number of piperidine rings is 1. The van der Waals surface area contributed by atoms with Crippen LogP contribution in [0.5, 0.6) is 0 Å². The molecule has 0 saturated carbocycles. The van der Waals surface area contributed by atoms with Gasteiger partial charge in [-0.2, -0.15) is 0 Å². The molecule has 0 aromatic heterocycles. The fourth-order valence-electron chi connectivity index (χ4n) is 4.61. The van der Waals surface area contributed by atoms with Gasteiger partial charge in [-0.25, -0.2) is 4.79 Å². The van der Waals surface area contributed by atoms with Gasteiger partial charge in [-0.3, -0.25) is 9.59 Å². The molecule has 0 radical (unpaired) electrons. The Bertz CT molecular complexity index is 1070. The number of hydrogen-bond donors (Lipinski definition) is 2. The number of benzene rings is 2. The number of carbonyl (C=O) groups excluding carboxylic acids is 3. The lowest BCUT2D eigenvalue weighted by Crippen LogP contribution is -2.58. The highest BCUT2D eigenvalue weighted by Crippen LogP contribution is 2.39. The predicted molar refractivity (Wildman–Crippen MR) is 133 cm³/mol. The first-order chi connectivity index (χ1) is 16.3. The lowest BCUT2D eigenvalue weighted by molar-refractivity contribution is -0.137. The van der Waals surface area contributed by atoms with Gasteiger partial charge in [-0.1, -0.05) is 41.4 Å². The maximum atomic E-state index is 13.6. The standard InChI is InChI=1S/C24H27Cl2N5O3/c1-2-27-21(32)15-30-16-31(18-6-4-3-5-7-18)24(22(30)33)10-12-29(13-11-24)23(34)28-20-9-8-17(25)14-19(20)26/h3-9,14H,2,10-13,15-16H2,1H3,(H,27,32)(H,28,34). The molecule has 2 heterocycles. The molecular weight excluding hydrogens is 477 g/mol. The van der Waals surface area contributed by atoms with Gasteiger partial charge in [0.2, 0.25) is 5.91 Å². The number of urea groups is 1. The number of halogens is 2. The first kappa shape index (κ1) is 24.2. The van der Waals surface area contributed by atoms with Crippen LogP contribution in [-0.4, -0.2) is 66.0 Å². The van der Waals surface area contributed by atoms with Crippen LogP contribution in [0.4, 0.5) is 16.2 Å². The molecule has 2 aromatic rings. The summed E-state index contributed by atoms with van der Waals surface area (Å²) in [7, 11) is 0. The van der Waals surface area contributed by atoms with Gasteiger partial charge in [0.25, 0.3) is 5.91 Å². The number of likely N-dealkylation sites (tertiary alicyclic amines) is 1. The van der Waals surface area contributed by atoms with E-state index >= 15 is 0 Å². The Labute approximate surface area is 208 Å². The Hall–Kier alpha value is -2.97. The van der Waals surface area contributed by atoms with Crippen molar-refractivity contribution in [2.75, 3.05) is 43.1 Å². The van der Waals surface area contributed by atoms with Crippen LogP contribution in [0.2, 0.25) is 10.0 Å². The summed E-state index contributed by atoms with van der Waals surface area (Å²) in [6.45, 7) is 3.47. The van der Waals surface area contributed by atoms with Crippen molar-refractivity contribution in [1.82, 2.24) is 15.1 Å². The summed E-state index contributed by atoms with van der Waals surface area (Å²) < 4.78 is 0. The number of anilines is 2. The monoisotopic (exact) mass is 503 g/mol. The minimum Gasteiger partial charge on any atom is -0.355 e. The molecule has 180 valence electrons. The Morgan fingerprint density at radius 2 is 1.76 bits per heavy atom. The third-order valence-corrected chi connectivity index (χ3v) is 6.89. The molecule has 0 aliphatic carbocycles. The van der Waals surface area contributed by atoms with Gasteiger partial charge in [0.05, 0.1) is 17.4 Å². The van der Waals surface area contributed by atoms with Crippen molar-refractivity contribution in [3.63, 3.8) is 0 Å². The Morgan fingerprint density at radius 1 is 1.06 bits per heavy atom. The number of carbonyl (C=O) groups is 3. The Morgan fingerprint density at radius 3 is 2.41 bits per heavy atom.